The third-order valence-electron chi connectivity index (χ3n) is 4.44. The first-order chi connectivity index (χ1) is 14.0. The number of likely N-dealkylation sites (N-methyl/N-ethyl adjacent to an activating group) is 1. The lowest BCUT2D eigenvalue weighted by molar-refractivity contribution is -0.139. The molecule has 0 saturated carbocycles. The molecule has 2 aromatic carbocycles. The number of halogens is 2. The van der Waals surface area contributed by atoms with Crippen molar-refractivity contribution in [1.82, 2.24) is 10.2 Å². The summed E-state index contributed by atoms with van der Waals surface area (Å²) in [5, 5.41) is 4.17. The van der Waals surface area contributed by atoms with E-state index in [1.165, 1.54) is 11.8 Å². The summed E-state index contributed by atoms with van der Waals surface area (Å²) in [6.07, 6.45) is 0.542. The molecule has 156 valence electrons. The molecule has 7 heteroatoms. The molecule has 0 aliphatic heterocycles. The van der Waals surface area contributed by atoms with Crippen LogP contribution in [-0.2, 0) is 21.9 Å². The maximum Gasteiger partial charge on any atom is 0.242 e. The van der Waals surface area contributed by atoms with Crippen LogP contribution in [-0.4, -0.2) is 35.1 Å². The molecule has 1 atom stereocenters. The van der Waals surface area contributed by atoms with Gasteiger partial charge >= 0.3 is 0 Å². The number of hydrogen-bond acceptors (Lipinski definition) is 3. The van der Waals surface area contributed by atoms with Gasteiger partial charge in [-0.05, 0) is 42.7 Å². The number of hydrogen-bond donors (Lipinski definition) is 1. The average Bonchev–Trinajstić information content (AvgIpc) is 2.71. The smallest absolute Gasteiger partial charge is 0.242 e. The van der Waals surface area contributed by atoms with Crippen LogP contribution in [0.25, 0.3) is 0 Å². The van der Waals surface area contributed by atoms with Crippen LogP contribution in [0.15, 0.2) is 48.5 Å². The lowest BCUT2D eigenvalue weighted by atomic mass is 10.1. The van der Waals surface area contributed by atoms with E-state index in [4.69, 9.17) is 23.2 Å². The van der Waals surface area contributed by atoms with Gasteiger partial charge in [0.05, 0.1) is 5.75 Å². The number of rotatable bonds is 10. The average molecular weight is 453 g/mol. The fourth-order valence-corrected chi connectivity index (χ4v) is 4.27. The zero-order valence-electron chi connectivity index (χ0n) is 16.7. The van der Waals surface area contributed by atoms with Crippen molar-refractivity contribution >= 4 is 46.8 Å². The van der Waals surface area contributed by atoms with E-state index >= 15 is 0 Å². The van der Waals surface area contributed by atoms with Gasteiger partial charge in [0.15, 0.2) is 0 Å². The lowest BCUT2D eigenvalue weighted by Crippen LogP contribution is -2.49. The highest BCUT2D eigenvalue weighted by Gasteiger charge is 2.28. The van der Waals surface area contributed by atoms with Crippen molar-refractivity contribution in [3.63, 3.8) is 0 Å². The Hall–Kier alpha value is -1.69. The highest BCUT2D eigenvalue weighted by Crippen LogP contribution is 2.22. The van der Waals surface area contributed by atoms with Gasteiger partial charge in [-0.2, -0.15) is 0 Å². The number of thioether (sulfide) groups is 1. The number of nitrogens with one attached hydrogen (secondary N) is 1. The minimum atomic E-state index is -0.515. The van der Waals surface area contributed by atoms with Crippen molar-refractivity contribution in [3.8, 4) is 0 Å². The summed E-state index contributed by atoms with van der Waals surface area (Å²) in [6, 6.07) is 14.4. The SMILES string of the molecule is CCNC(=O)[C@H](CC)N(Cc1ccc(Cl)cc1)C(=O)CSCc1ccccc1Cl. The minimum Gasteiger partial charge on any atom is -0.355 e. The van der Waals surface area contributed by atoms with Crippen LogP contribution in [0.4, 0.5) is 0 Å². The predicted molar refractivity (Wildman–Crippen MR) is 122 cm³/mol. The van der Waals surface area contributed by atoms with Crippen LogP contribution in [0.5, 0.6) is 0 Å². The quantitative estimate of drug-likeness (QED) is 0.540. The van der Waals surface area contributed by atoms with E-state index in [0.717, 1.165) is 11.1 Å². The van der Waals surface area contributed by atoms with E-state index in [1.54, 1.807) is 17.0 Å². The maximum atomic E-state index is 13.1. The first-order valence-corrected chi connectivity index (χ1v) is 11.5. The molecule has 0 spiro atoms. The van der Waals surface area contributed by atoms with E-state index < -0.39 is 6.04 Å². The first kappa shape index (κ1) is 23.6. The molecule has 4 nitrogen and oxygen atoms in total. The zero-order valence-corrected chi connectivity index (χ0v) is 19.0. The van der Waals surface area contributed by atoms with Gasteiger partial charge in [-0.25, -0.2) is 0 Å². The highest BCUT2D eigenvalue weighted by molar-refractivity contribution is 7.99. The lowest BCUT2D eigenvalue weighted by Gasteiger charge is -2.30. The van der Waals surface area contributed by atoms with Gasteiger partial charge in [-0.15, -0.1) is 11.8 Å². The molecular formula is C22H26Cl2N2O2S. The van der Waals surface area contributed by atoms with Crippen molar-refractivity contribution in [1.29, 1.82) is 0 Å². The number of amides is 2. The van der Waals surface area contributed by atoms with Gasteiger partial charge in [0.1, 0.15) is 6.04 Å². The van der Waals surface area contributed by atoms with Crippen molar-refractivity contribution in [2.24, 2.45) is 0 Å². The molecule has 2 aromatic rings. The van der Waals surface area contributed by atoms with Crippen LogP contribution in [0.3, 0.4) is 0 Å². The zero-order chi connectivity index (χ0) is 21.2. The number of nitrogens with zero attached hydrogens (tertiary/aromatic N) is 1. The Balaban J connectivity index is 2.11. The van der Waals surface area contributed by atoms with Crippen LogP contribution < -0.4 is 5.32 Å². The van der Waals surface area contributed by atoms with Gasteiger partial charge in [-0.1, -0.05) is 60.5 Å². The molecule has 0 aromatic heterocycles. The monoisotopic (exact) mass is 452 g/mol. The standard InChI is InChI=1S/C22H26Cl2N2O2S/c1-3-20(22(28)25-4-2)26(13-16-9-11-18(23)12-10-16)21(27)15-29-14-17-7-5-6-8-19(17)24/h5-12,20H,3-4,13-15H2,1-2H3,(H,25,28)/t20-/m0/s1. The second kappa shape index (κ2) is 12.1. The Morgan fingerprint density at radius 1 is 1.07 bits per heavy atom. The van der Waals surface area contributed by atoms with Crippen LogP contribution in [0.1, 0.15) is 31.4 Å². The molecule has 0 saturated heterocycles. The molecule has 0 aliphatic rings. The molecule has 1 N–H and O–H groups in total. The topological polar surface area (TPSA) is 49.4 Å². The Bertz CT molecular complexity index is 815. The predicted octanol–water partition coefficient (Wildman–Crippen LogP) is 5.17. The molecule has 2 rings (SSSR count). The number of benzene rings is 2. The molecular weight excluding hydrogens is 427 g/mol. The minimum absolute atomic E-state index is 0.0740. The van der Waals surface area contributed by atoms with Gasteiger partial charge in [0, 0.05) is 28.9 Å². The van der Waals surface area contributed by atoms with E-state index in [-0.39, 0.29) is 17.6 Å². The van der Waals surface area contributed by atoms with Crippen molar-refractivity contribution in [2.45, 2.75) is 38.6 Å². The van der Waals surface area contributed by atoms with Gasteiger partial charge in [0.2, 0.25) is 11.8 Å². The summed E-state index contributed by atoms with van der Waals surface area (Å²) in [7, 11) is 0. The van der Waals surface area contributed by atoms with Crippen LogP contribution >= 0.6 is 35.0 Å². The summed E-state index contributed by atoms with van der Waals surface area (Å²) in [5.74, 6) is 0.705. The van der Waals surface area contributed by atoms with Gasteiger partial charge < -0.3 is 10.2 Å². The molecule has 0 radical (unpaired) electrons. The summed E-state index contributed by atoms with van der Waals surface area (Å²) in [6.45, 7) is 4.67. The second-order valence-electron chi connectivity index (χ2n) is 6.55. The molecule has 0 unspecified atom stereocenters. The summed E-state index contributed by atoms with van der Waals surface area (Å²) in [5.41, 5.74) is 1.92. The third-order valence-corrected chi connectivity index (χ3v) is 6.03. The largest absolute Gasteiger partial charge is 0.355 e. The van der Waals surface area contributed by atoms with E-state index in [1.807, 2.05) is 50.2 Å². The Labute approximate surface area is 187 Å². The molecule has 0 aliphatic carbocycles. The maximum absolute atomic E-state index is 13.1. The van der Waals surface area contributed by atoms with Gasteiger partial charge in [0.25, 0.3) is 0 Å². The summed E-state index contributed by atoms with van der Waals surface area (Å²) < 4.78 is 0. The van der Waals surface area contributed by atoms with Crippen molar-refractivity contribution in [2.75, 3.05) is 12.3 Å². The van der Waals surface area contributed by atoms with Crippen LogP contribution in [0.2, 0.25) is 10.0 Å². The van der Waals surface area contributed by atoms with Gasteiger partial charge in [-0.3, -0.25) is 9.59 Å². The first-order valence-electron chi connectivity index (χ1n) is 9.59. The molecule has 2 amide bonds. The second-order valence-corrected chi connectivity index (χ2v) is 8.38. The fourth-order valence-electron chi connectivity index (χ4n) is 2.94. The third kappa shape index (κ3) is 7.25. The summed E-state index contributed by atoms with van der Waals surface area (Å²) >= 11 is 13.7. The normalized spacial score (nSPS) is 11.7. The van der Waals surface area contributed by atoms with E-state index in [9.17, 15) is 9.59 Å². The Kier molecular flexibility index (Phi) is 9.85. The van der Waals surface area contributed by atoms with E-state index in [0.29, 0.717) is 35.3 Å². The number of carbonyl (C=O) groups is 2. The Morgan fingerprint density at radius 3 is 2.38 bits per heavy atom. The Morgan fingerprint density at radius 2 is 1.76 bits per heavy atom. The van der Waals surface area contributed by atoms with Crippen molar-refractivity contribution in [3.05, 3.63) is 69.7 Å². The molecule has 0 heterocycles. The molecule has 29 heavy (non-hydrogen) atoms. The van der Waals surface area contributed by atoms with E-state index in [2.05, 4.69) is 5.32 Å². The van der Waals surface area contributed by atoms with Crippen molar-refractivity contribution < 1.29 is 9.59 Å². The fraction of sp³-hybridized carbons (Fsp3) is 0.364. The summed E-state index contributed by atoms with van der Waals surface area (Å²) in [4.78, 5) is 27.3. The number of carbonyl (C=O) groups excluding carboxylic acids is 2. The van der Waals surface area contributed by atoms with Crippen LogP contribution in [0, 0.1) is 0 Å². The molecule has 0 bridgehead atoms. The highest BCUT2D eigenvalue weighted by atomic mass is 35.5. The molecule has 0 fully saturated rings.